The summed E-state index contributed by atoms with van der Waals surface area (Å²) in [5.74, 6) is -1.47. The molecule has 4 N–H and O–H groups in total. The van der Waals surface area contributed by atoms with Crippen LogP contribution in [-0.4, -0.2) is 8.42 Å². The van der Waals surface area contributed by atoms with Crippen LogP contribution in [0.15, 0.2) is 48.5 Å². The predicted octanol–water partition coefficient (Wildman–Crippen LogP) is 1.34. The van der Waals surface area contributed by atoms with Gasteiger partial charge < -0.3 is 11.5 Å². The molecule has 1 aliphatic rings. The van der Waals surface area contributed by atoms with Crippen molar-refractivity contribution < 1.29 is 16.8 Å². The van der Waals surface area contributed by atoms with Gasteiger partial charge in [-0.05, 0) is 24.3 Å². The Morgan fingerprint density at radius 1 is 0.750 bits per heavy atom. The molecule has 0 spiro atoms. The summed E-state index contributed by atoms with van der Waals surface area (Å²) in [6, 6.07) is 13.2. The first-order valence-corrected chi connectivity index (χ1v) is 7.13. The zero-order chi connectivity index (χ0) is 14.4. The molecule has 7 heteroatoms. The van der Waals surface area contributed by atoms with E-state index in [1.807, 2.05) is 0 Å². The molecule has 1 saturated heterocycles. The lowest BCUT2D eigenvalue weighted by molar-refractivity contribution is -0.162. The Balaban J connectivity index is 2.11. The fourth-order valence-electron chi connectivity index (χ4n) is 2.06. The highest BCUT2D eigenvalue weighted by molar-refractivity contribution is 7.82. The van der Waals surface area contributed by atoms with E-state index in [-0.39, 0.29) is 0 Å². The Labute approximate surface area is 116 Å². The molecular weight excluding hydrogens is 280 g/mol. The fourth-order valence-corrected chi connectivity index (χ4v) is 3.03. The molecule has 0 amide bonds. The van der Waals surface area contributed by atoms with Crippen LogP contribution in [0.3, 0.4) is 0 Å². The average Bonchev–Trinajstić information content (AvgIpc) is 2.37. The van der Waals surface area contributed by atoms with Crippen LogP contribution >= 0.6 is 0 Å². The van der Waals surface area contributed by atoms with Crippen molar-refractivity contribution in [1.29, 1.82) is 0 Å². The quantitative estimate of drug-likeness (QED) is 0.809. The molecule has 1 aliphatic heterocycles. The lowest BCUT2D eigenvalue weighted by Crippen LogP contribution is -2.48. The molecule has 0 unspecified atom stereocenters. The smallest absolute Gasteiger partial charge is 0.399 e. The number of anilines is 2. The van der Waals surface area contributed by atoms with Gasteiger partial charge >= 0.3 is 10.4 Å². The summed E-state index contributed by atoms with van der Waals surface area (Å²) in [5, 5.41) is 0. The van der Waals surface area contributed by atoms with Gasteiger partial charge in [-0.15, -0.1) is 0 Å². The minimum Gasteiger partial charge on any atom is -0.399 e. The number of hydrogen-bond acceptors (Lipinski definition) is 6. The summed E-state index contributed by atoms with van der Waals surface area (Å²) in [6.07, 6.45) is 0. The molecule has 0 aromatic heterocycles. The summed E-state index contributed by atoms with van der Waals surface area (Å²) in [5.41, 5.74) is 13.4. The Morgan fingerprint density at radius 3 is 1.40 bits per heavy atom. The summed E-state index contributed by atoms with van der Waals surface area (Å²) in [7, 11) is -3.97. The van der Waals surface area contributed by atoms with Gasteiger partial charge in [0.1, 0.15) is 0 Å². The highest BCUT2D eigenvalue weighted by Gasteiger charge is 2.55. The predicted molar refractivity (Wildman–Crippen MR) is 73.6 cm³/mol. The van der Waals surface area contributed by atoms with E-state index in [4.69, 9.17) is 19.8 Å². The third kappa shape index (κ3) is 2.01. The van der Waals surface area contributed by atoms with Crippen molar-refractivity contribution in [2.45, 2.75) is 5.79 Å². The lowest BCUT2D eigenvalue weighted by Gasteiger charge is -2.39. The molecule has 3 rings (SSSR count). The fraction of sp³-hybridized carbons (Fsp3) is 0.0769. The SMILES string of the molecule is Nc1ccc(C2(c3ccc(N)cc3)OS(=O)(=O)O2)cc1. The number of nitrogens with two attached hydrogens (primary N) is 2. The van der Waals surface area contributed by atoms with Crippen LogP contribution in [0.1, 0.15) is 11.1 Å². The molecule has 2 aromatic carbocycles. The molecule has 0 aliphatic carbocycles. The standard InChI is InChI=1S/C13H12N2O4S/c14-11-5-1-9(2-6-11)13(18-20(16,17)19-13)10-3-7-12(15)8-4-10/h1-8H,14-15H2. The first-order valence-electron chi connectivity index (χ1n) is 5.79. The van der Waals surface area contributed by atoms with Crippen LogP contribution in [-0.2, 0) is 24.6 Å². The minimum absolute atomic E-state index is 0.534. The van der Waals surface area contributed by atoms with Crippen molar-refractivity contribution in [1.82, 2.24) is 0 Å². The van der Waals surface area contributed by atoms with E-state index < -0.39 is 16.2 Å². The monoisotopic (exact) mass is 292 g/mol. The van der Waals surface area contributed by atoms with Crippen LogP contribution in [0.25, 0.3) is 0 Å². The molecule has 0 radical (unpaired) electrons. The van der Waals surface area contributed by atoms with Gasteiger partial charge in [-0.2, -0.15) is 8.42 Å². The molecule has 1 fully saturated rings. The van der Waals surface area contributed by atoms with E-state index in [0.29, 0.717) is 22.5 Å². The summed E-state index contributed by atoms with van der Waals surface area (Å²) < 4.78 is 32.6. The second-order valence-corrected chi connectivity index (χ2v) is 5.59. The Hall–Kier alpha value is -2.09. The van der Waals surface area contributed by atoms with E-state index in [1.165, 1.54) is 0 Å². The van der Waals surface area contributed by atoms with Gasteiger partial charge in [-0.1, -0.05) is 24.3 Å². The van der Waals surface area contributed by atoms with Crippen LogP contribution in [0.5, 0.6) is 0 Å². The molecular formula is C13H12N2O4S. The molecule has 6 nitrogen and oxygen atoms in total. The second-order valence-electron chi connectivity index (χ2n) is 4.44. The van der Waals surface area contributed by atoms with Crippen molar-refractivity contribution >= 4 is 21.8 Å². The van der Waals surface area contributed by atoms with Gasteiger partial charge in [0.2, 0.25) is 0 Å². The van der Waals surface area contributed by atoms with E-state index in [1.54, 1.807) is 48.5 Å². The zero-order valence-corrected chi connectivity index (χ0v) is 11.1. The number of benzene rings is 2. The van der Waals surface area contributed by atoms with Crippen LogP contribution in [0, 0.1) is 0 Å². The summed E-state index contributed by atoms with van der Waals surface area (Å²) in [6.45, 7) is 0. The van der Waals surface area contributed by atoms with Crippen molar-refractivity contribution in [3.8, 4) is 0 Å². The molecule has 2 aromatic rings. The van der Waals surface area contributed by atoms with Crippen molar-refractivity contribution in [3.63, 3.8) is 0 Å². The Kier molecular flexibility index (Phi) is 2.72. The molecule has 0 atom stereocenters. The van der Waals surface area contributed by atoms with Crippen LogP contribution in [0.2, 0.25) is 0 Å². The maximum Gasteiger partial charge on any atom is 0.406 e. The highest BCUT2D eigenvalue weighted by atomic mass is 32.3. The van der Waals surface area contributed by atoms with Gasteiger partial charge in [0.15, 0.2) is 0 Å². The van der Waals surface area contributed by atoms with Crippen molar-refractivity contribution in [2.75, 3.05) is 11.5 Å². The third-order valence-electron chi connectivity index (χ3n) is 3.02. The largest absolute Gasteiger partial charge is 0.406 e. The minimum atomic E-state index is -3.97. The molecule has 104 valence electrons. The van der Waals surface area contributed by atoms with Crippen molar-refractivity contribution in [2.24, 2.45) is 0 Å². The van der Waals surface area contributed by atoms with Crippen LogP contribution < -0.4 is 11.5 Å². The summed E-state index contributed by atoms with van der Waals surface area (Å²) >= 11 is 0. The summed E-state index contributed by atoms with van der Waals surface area (Å²) in [4.78, 5) is 0. The van der Waals surface area contributed by atoms with E-state index in [2.05, 4.69) is 0 Å². The molecule has 1 heterocycles. The maximum absolute atomic E-state index is 11.3. The van der Waals surface area contributed by atoms with E-state index >= 15 is 0 Å². The second kappa shape index (κ2) is 4.20. The number of nitrogen functional groups attached to an aromatic ring is 2. The Bertz CT molecular complexity index is 679. The zero-order valence-electron chi connectivity index (χ0n) is 10.3. The van der Waals surface area contributed by atoms with Gasteiger partial charge in [-0.3, -0.25) is 0 Å². The average molecular weight is 292 g/mol. The lowest BCUT2D eigenvalue weighted by atomic mass is 9.97. The maximum atomic E-state index is 11.3. The van der Waals surface area contributed by atoms with Gasteiger partial charge in [-0.25, -0.2) is 8.37 Å². The normalized spacial score (nSPS) is 19.2. The first kappa shape index (κ1) is 12.9. The van der Waals surface area contributed by atoms with E-state index in [9.17, 15) is 8.42 Å². The molecule has 20 heavy (non-hydrogen) atoms. The molecule has 0 saturated carbocycles. The van der Waals surface area contributed by atoms with E-state index in [0.717, 1.165) is 0 Å². The van der Waals surface area contributed by atoms with Gasteiger partial charge in [0, 0.05) is 22.5 Å². The highest BCUT2D eigenvalue weighted by Crippen LogP contribution is 2.46. The Morgan fingerprint density at radius 2 is 1.10 bits per heavy atom. The number of hydrogen-bond donors (Lipinski definition) is 2. The van der Waals surface area contributed by atoms with Crippen LogP contribution in [0.4, 0.5) is 11.4 Å². The van der Waals surface area contributed by atoms with Crippen molar-refractivity contribution in [3.05, 3.63) is 59.7 Å². The topological polar surface area (TPSA) is 105 Å². The van der Waals surface area contributed by atoms with Gasteiger partial charge in [0.25, 0.3) is 5.79 Å². The van der Waals surface area contributed by atoms with Gasteiger partial charge in [0.05, 0.1) is 0 Å². The third-order valence-corrected chi connectivity index (χ3v) is 3.90. The molecule has 0 bridgehead atoms. The first-order chi connectivity index (χ1) is 9.41. The number of rotatable bonds is 2.